The maximum atomic E-state index is 5.56. The quantitative estimate of drug-likeness (QED) is 0.808. The van der Waals surface area contributed by atoms with Crippen LogP contribution in [0.2, 0.25) is 0 Å². The summed E-state index contributed by atoms with van der Waals surface area (Å²) in [6.07, 6.45) is 0.939. The molecular formula is C12H21N3. The fourth-order valence-corrected chi connectivity index (χ4v) is 1.63. The molecule has 3 nitrogen and oxygen atoms in total. The summed E-state index contributed by atoms with van der Waals surface area (Å²) in [5.41, 5.74) is 9.34. The third-order valence-electron chi connectivity index (χ3n) is 2.44. The molecule has 0 amide bonds. The Balaban J connectivity index is 3.09. The van der Waals surface area contributed by atoms with Gasteiger partial charge in [0.1, 0.15) is 0 Å². The van der Waals surface area contributed by atoms with Crippen molar-refractivity contribution >= 4 is 11.4 Å². The lowest BCUT2D eigenvalue weighted by molar-refractivity contribution is 0.963. The van der Waals surface area contributed by atoms with E-state index in [1.165, 1.54) is 16.9 Å². The molecule has 2 N–H and O–H groups in total. The summed E-state index contributed by atoms with van der Waals surface area (Å²) in [6.45, 7) is 0.703. The summed E-state index contributed by atoms with van der Waals surface area (Å²) < 4.78 is 0. The van der Waals surface area contributed by atoms with Crippen LogP contribution < -0.4 is 15.5 Å². The highest BCUT2D eigenvalue weighted by molar-refractivity contribution is 5.71. The van der Waals surface area contributed by atoms with Crippen LogP contribution in [0.5, 0.6) is 0 Å². The first kappa shape index (κ1) is 11.9. The van der Waals surface area contributed by atoms with Crippen LogP contribution in [0, 0.1) is 0 Å². The van der Waals surface area contributed by atoms with Crippen LogP contribution in [0.4, 0.5) is 11.4 Å². The molecule has 0 aliphatic carbocycles. The third-order valence-corrected chi connectivity index (χ3v) is 2.44. The molecule has 0 spiro atoms. The van der Waals surface area contributed by atoms with Gasteiger partial charge in [-0.05, 0) is 30.7 Å². The van der Waals surface area contributed by atoms with E-state index in [2.05, 4.69) is 56.2 Å². The Morgan fingerprint density at radius 3 is 2.07 bits per heavy atom. The Morgan fingerprint density at radius 2 is 1.60 bits per heavy atom. The molecule has 0 saturated heterocycles. The molecule has 1 aromatic carbocycles. The number of rotatable bonds is 4. The van der Waals surface area contributed by atoms with Crippen LogP contribution in [0.3, 0.4) is 0 Å². The fourth-order valence-electron chi connectivity index (χ4n) is 1.63. The zero-order chi connectivity index (χ0) is 11.4. The second-order valence-electron chi connectivity index (χ2n) is 4.15. The van der Waals surface area contributed by atoms with Crippen LogP contribution in [-0.2, 0) is 6.42 Å². The number of benzene rings is 1. The first-order chi connectivity index (χ1) is 7.06. The number of anilines is 2. The molecule has 0 heterocycles. The molecule has 84 valence electrons. The molecule has 1 rings (SSSR count). The van der Waals surface area contributed by atoms with E-state index in [4.69, 9.17) is 5.73 Å². The molecule has 0 bridgehead atoms. The second-order valence-corrected chi connectivity index (χ2v) is 4.15. The van der Waals surface area contributed by atoms with E-state index >= 15 is 0 Å². The van der Waals surface area contributed by atoms with Gasteiger partial charge in [0.25, 0.3) is 0 Å². The molecule has 0 radical (unpaired) electrons. The molecule has 1 aromatic rings. The van der Waals surface area contributed by atoms with Gasteiger partial charge in [-0.3, -0.25) is 0 Å². The van der Waals surface area contributed by atoms with Crippen LogP contribution in [-0.4, -0.2) is 34.7 Å². The predicted octanol–water partition coefficient (Wildman–Crippen LogP) is 1.32. The zero-order valence-corrected chi connectivity index (χ0v) is 10.1. The summed E-state index contributed by atoms with van der Waals surface area (Å²) >= 11 is 0. The first-order valence-corrected chi connectivity index (χ1v) is 5.24. The van der Waals surface area contributed by atoms with Crippen LogP contribution in [0.15, 0.2) is 18.2 Å². The minimum absolute atomic E-state index is 0.703. The van der Waals surface area contributed by atoms with Crippen molar-refractivity contribution in [3.63, 3.8) is 0 Å². The lowest BCUT2D eigenvalue weighted by Gasteiger charge is -2.23. The van der Waals surface area contributed by atoms with Gasteiger partial charge < -0.3 is 15.5 Å². The van der Waals surface area contributed by atoms with Gasteiger partial charge in [-0.2, -0.15) is 0 Å². The molecule has 3 heteroatoms. The van der Waals surface area contributed by atoms with E-state index in [0.717, 1.165) is 6.42 Å². The minimum atomic E-state index is 0.703. The van der Waals surface area contributed by atoms with E-state index in [-0.39, 0.29) is 0 Å². The molecular weight excluding hydrogens is 186 g/mol. The normalized spacial score (nSPS) is 10.2. The van der Waals surface area contributed by atoms with E-state index in [1.54, 1.807) is 0 Å². The van der Waals surface area contributed by atoms with Crippen molar-refractivity contribution in [2.45, 2.75) is 6.42 Å². The van der Waals surface area contributed by atoms with Gasteiger partial charge in [-0.15, -0.1) is 0 Å². The molecule has 0 fully saturated rings. The predicted molar refractivity (Wildman–Crippen MR) is 67.9 cm³/mol. The molecule has 0 unspecified atom stereocenters. The van der Waals surface area contributed by atoms with Crippen molar-refractivity contribution < 1.29 is 0 Å². The largest absolute Gasteiger partial charge is 0.376 e. The molecule has 0 aliphatic rings. The molecule has 0 atom stereocenters. The van der Waals surface area contributed by atoms with Gasteiger partial charge in [-0.25, -0.2) is 0 Å². The van der Waals surface area contributed by atoms with Crippen molar-refractivity contribution in [1.29, 1.82) is 0 Å². The average Bonchev–Trinajstić information content (AvgIpc) is 2.17. The van der Waals surface area contributed by atoms with Gasteiger partial charge in [-0.1, -0.05) is 6.07 Å². The SMILES string of the molecule is CN(C)c1ccc(CCN)cc1N(C)C. The van der Waals surface area contributed by atoms with E-state index in [0.29, 0.717) is 6.54 Å². The monoisotopic (exact) mass is 207 g/mol. The topological polar surface area (TPSA) is 32.5 Å². The van der Waals surface area contributed by atoms with Crippen LogP contribution in [0.25, 0.3) is 0 Å². The summed E-state index contributed by atoms with van der Waals surface area (Å²) in [5.74, 6) is 0. The Bertz CT molecular complexity index is 319. The Kier molecular flexibility index (Phi) is 3.97. The van der Waals surface area contributed by atoms with Gasteiger partial charge in [0.2, 0.25) is 0 Å². The van der Waals surface area contributed by atoms with Crippen molar-refractivity contribution in [2.75, 3.05) is 44.5 Å². The molecule has 0 aliphatic heterocycles. The lowest BCUT2D eigenvalue weighted by atomic mass is 10.1. The van der Waals surface area contributed by atoms with Crippen LogP contribution >= 0.6 is 0 Å². The van der Waals surface area contributed by atoms with Gasteiger partial charge in [0, 0.05) is 28.2 Å². The van der Waals surface area contributed by atoms with Gasteiger partial charge in [0.05, 0.1) is 11.4 Å². The highest BCUT2D eigenvalue weighted by Gasteiger charge is 2.07. The standard InChI is InChI=1S/C12H21N3/c1-14(2)11-6-5-10(7-8-13)9-12(11)15(3)4/h5-6,9H,7-8,13H2,1-4H3. The van der Waals surface area contributed by atoms with Crippen molar-refractivity contribution in [3.05, 3.63) is 23.8 Å². The van der Waals surface area contributed by atoms with E-state index in [1.807, 2.05) is 0 Å². The number of hydrogen-bond acceptors (Lipinski definition) is 3. The zero-order valence-electron chi connectivity index (χ0n) is 10.1. The third kappa shape index (κ3) is 2.86. The highest BCUT2D eigenvalue weighted by Crippen LogP contribution is 2.27. The average molecular weight is 207 g/mol. The molecule has 15 heavy (non-hydrogen) atoms. The Labute approximate surface area is 92.5 Å². The van der Waals surface area contributed by atoms with Gasteiger partial charge in [0.15, 0.2) is 0 Å². The maximum absolute atomic E-state index is 5.56. The lowest BCUT2D eigenvalue weighted by Crippen LogP contribution is -2.17. The minimum Gasteiger partial charge on any atom is -0.376 e. The Morgan fingerprint density at radius 1 is 1.00 bits per heavy atom. The molecule has 0 saturated carbocycles. The summed E-state index contributed by atoms with van der Waals surface area (Å²) in [7, 11) is 8.25. The number of hydrogen-bond donors (Lipinski definition) is 1. The summed E-state index contributed by atoms with van der Waals surface area (Å²) in [5, 5.41) is 0. The van der Waals surface area contributed by atoms with Crippen LogP contribution in [0.1, 0.15) is 5.56 Å². The number of nitrogens with zero attached hydrogens (tertiary/aromatic N) is 2. The highest BCUT2D eigenvalue weighted by atomic mass is 15.1. The first-order valence-electron chi connectivity index (χ1n) is 5.24. The fraction of sp³-hybridized carbons (Fsp3) is 0.500. The van der Waals surface area contributed by atoms with E-state index < -0.39 is 0 Å². The van der Waals surface area contributed by atoms with Crippen molar-refractivity contribution in [2.24, 2.45) is 5.73 Å². The maximum Gasteiger partial charge on any atom is 0.0601 e. The summed E-state index contributed by atoms with van der Waals surface area (Å²) in [4.78, 5) is 4.26. The van der Waals surface area contributed by atoms with Crippen molar-refractivity contribution in [3.8, 4) is 0 Å². The van der Waals surface area contributed by atoms with Crippen molar-refractivity contribution in [1.82, 2.24) is 0 Å². The van der Waals surface area contributed by atoms with E-state index in [9.17, 15) is 0 Å². The molecule has 0 aromatic heterocycles. The number of nitrogens with two attached hydrogens (primary N) is 1. The Hall–Kier alpha value is -1.22. The second kappa shape index (κ2) is 5.03. The summed E-state index contributed by atoms with van der Waals surface area (Å²) in [6, 6.07) is 6.51. The smallest absolute Gasteiger partial charge is 0.0601 e. The van der Waals surface area contributed by atoms with Gasteiger partial charge >= 0.3 is 0 Å².